The fraction of sp³-hybridized carbons (Fsp3) is 0.308. The van der Waals surface area contributed by atoms with Gasteiger partial charge >= 0.3 is 0 Å². The molecule has 0 aliphatic carbocycles. The molecular formula is C13H16FN3. The van der Waals surface area contributed by atoms with E-state index in [-0.39, 0.29) is 5.82 Å². The molecule has 0 spiro atoms. The molecule has 0 radical (unpaired) electrons. The fourth-order valence-electron chi connectivity index (χ4n) is 1.67. The molecule has 0 bridgehead atoms. The van der Waals surface area contributed by atoms with Gasteiger partial charge in [0.2, 0.25) is 5.95 Å². The molecule has 0 saturated heterocycles. The second-order valence-electron chi connectivity index (χ2n) is 4.31. The summed E-state index contributed by atoms with van der Waals surface area (Å²) in [6.07, 6.45) is 3.62. The van der Waals surface area contributed by atoms with E-state index >= 15 is 0 Å². The minimum atomic E-state index is -0.207. The fourth-order valence-corrected chi connectivity index (χ4v) is 1.67. The molecule has 0 fully saturated rings. The Kier molecular flexibility index (Phi) is 3.42. The molecule has 0 atom stereocenters. The number of nitrogens with one attached hydrogen (secondary N) is 1. The van der Waals surface area contributed by atoms with Gasteiger partial charge in [0, 0.05) is 18.4 Å². The highest BCUT2D eigenvalue weighted by molar-refractivity contribution is 5.29. The second kappa shape index (κ2) is 4.99. The number of halogens is 1. The van der Waals surface area contributed by atoms with Gasteiger partial charge in [-0.2, -0.15) is 0 Å². The Labute approximate surface area is 100 Å². The minimum Gasteiger partial charge on any atom is -0.353 e. The number of benzene rings is 1. The van der Waals surface area contributed by atoms with Crippen molar-refractivity contribution in [1.29, 1.82) is 0 Å². The van der Waals surface area contributed by atoms with E-state index in [9.17, 15) is 4.39 Å². The molecule has 2 aromatic rings. The standard InChI is InChI=1S/C13H16FN3/c1-10(2)16-13-15-6-7-17(13)9-11-4-3-5-12(14)8-11/h3-8,10H,9H2,1-2H3,(H,15,16). The lowest BCUT2D eigenvalue weighted by atomic mass is 10.2. The van der Waals surface area contributed by atoms with E-state index in [1.54, 1.807) is 18.3 Å². The van der Waals surface area contributed by atoms with Gasteiger partial charge < -0.3 is 9.88 Å². The molecule has 0 unspecified atom stereocenters. The summed E-state index contributed by atoms with van der Waals surface area (Å²) in [6.45, 7) is 4.73. The summed E-state index contributed by atoms with van der Waals surface area (Å²) in [4.78, 5) is 4.23. The van der Waals surface area contributed by atoms with Gasteiger partial charge in [-0.3, -0.25) is 0 Å². The van der Waals surface area contributed by atoms with E-state index in [2.05, 4.69) is 24.1 Å². The minimum absolute atomic E-state index is 0.207. The van der Waals surface area contributed by atoms with Crippen molar-refractivity contribution in [3.63, 3.8) is 0 Å². The van der Waals surface area contributed by atoms with Crippen LogP contribution in [0.5, 0.6) is 0 Å². The van der Waals surface area contributed by atoms with E-state index in [0.29, 0.717) is 12.6 Å². The van der Waals surface area contributed by atoms with Crippen LogP contribution in [0.3, 0.4) is 0 Å². The summed E-state index contributed by atoms with van der Waals surface area (Å²) in [6, 6.07) is 6.94. The number of anilines is 1. The Balaban J connectivity index is 2.16. The van der Waals surface area contributed by atoms with E-state index in [0.717, 1.165) is 11.5 Å². The quantitative estimate of drug-likeness (QED) is 0.880. The Morgan fingerprint density at radius 3 is 2.94 bits per heavy atom. The van der Waals surface area contributed by atoms with E-state index in [1.165, 1.54) is 6.07 Å². The van der Waals surface area contributed by atoms with Crippen LogP contribution in [0.1, 0.15) is 19.4 Å². The summed E-state index contributed by atoms with van der Waals surface area (Å²) in [5.74, 6) is 0.602. The highest BCUT2D eigenvalue weighted by Gasteiger charge is 2.04. The lowest BCUT2D eigenvalue weighted by molar-refractivity contribution is 0.623. The van der Waals surface area contributed by atoms with E-state index in [4.69, 9.17) is 0 Å². The first-order valence-electron chi connectivity index (χ1n) is 5.67. The summed E-state index contributed by atoms with van der Waals surface area (Å²) in [5.41, 5.74) is 0.926. The topological polar surface area (TPSA) is 29.9 Å². The number of hydrogen-bond donors (Lipinski definition) is 1. The SMILES string of the molecule is CC(C)Nc1nccn1Cc1cccc(F)c1. The average molecular weight is 233 g/mol. The van der Waals surface area contributed by atoms with Crippen molar-refractivity contribution in [1.82, 2.24) is 9.55 Å². The largest absolute Gasteiger partial charge is 0.353 e. The smallest absolute Gasteiger partial charge is 0.203 e. The summed E-state index contributed by atoms with van der Waals surface area (Å²) >= 11 is 0. The van der Waals surface area contributed by atoms with Crippen molar-refractivity contribution in [2.75, 3.05) is 5.32 Å². The summed E-state index contributed by atoms with van der Waals surface area (Å²) < 4.78 is 15.0. The van der Waals surface area contributed by atoms with Crippen molar-refractivity contribution in [2.45, 2.75) is 26.4 Å². The van der Waals surface area contributed by atoms with Crippen LogP contribution in [0.4, 0.5) is 10.3 Å². The van der Waals surface area contributed by atoms with Crippen molar-refractivity contribution in [3.05, 3.63) is 48.0 Å². The molecule has 1 N–H and O–H groups in total. The molecule has 0 aliphatic rings. The molecule has 1 aromatic carbocycles. The Morgan fingerprint density at radius 2 is 2.24 bits per heavy atom. The number of hydrogen-bond acceptors (Lipinski definition) is 2. The summed E-state index contributed by atoms with van der Waals surface area (Å²) in [5, 5.41) is 3.25. The molecule has 3 nitrogen and oxygen atoms in total. The maximum Gasteiger partial charge on any atom is 0.203 e. The van der Waals surface area contributed by atoms with Gasteiger partial charge in [-0.15, -0.1) is 0 Å². The van der Waals surface area contributed by atoms with Crippen molar-refractivity contribution in [3.8, 4) is 0 Å². The molecule has 0 aliphatic heterocycles. The number of nitrogens with zero attached hydrogens (tertiary/aromatic N) is 2. The monoisotopic (exact) mass is 233 g/mol. The van der Waals surface area contributed by atoms with Gasteiger partial charge in [0.25, 0.3) is 0 Å². The molecular weight excluding hydrogens is 217 g/mol. The molecule has 2 rings (SSSR count). The first-order valence-corrected chi connectivity index (χ1v) is 5.67. The number of aromatic nitrogens is 2. The van der Waals surface area contributed by atoms with Crippen LogP contribution in [0.25, 0.3) is 0 Å². The van der Waals surface area contributed by atoms with Gasteiger partial charge in [0.05, 0.1) is 6.54 Å². The Morgan fingerprint density at radius 1 is 1.41 bits per heavy atom. The number of imidazole rings is 1. The van der Waals surface area contributed by atoms with Crippen LogP contribution >= 0.6 is 0 Å². The van der Waals surface area contributed by atoms with Crippen LogP contribution in [-0.2, 0) is 6.54 Å². The molecule has 1 aromatic heterocycles. The molecule has 1 heterocycles. The molecule has 17 heavy (non-hydrogen) atoms. The second-order valence-corrected chi connectivity index (χ2v) is 4.31. The third-order valence-electron chi connectivity index (χ3n) is 2.38. The molecule has 90 valence electrons. The third kappa shape index (κ3) is 3.06. The highest BCUT2D eigenvalue weighted by atomic mass is 19.1. The predicted octanol–water partition coefficient (Wildman–Crippen LogP) is 2.89. The maximum atomic E-state index is 13.1. The van der Waals surface area contributed by atoms with Gasteiger partial charge in [-0.1, -0.05) is 12.1 Å². The summed E-state index contributed by atoms with van der Waals surface area (Å²) in [7, 11) is 0. The zero-order valence-electron chi connectivity index (χ0n) is 10.0. The first kappa shape index (κ1) is 11.6. The van der Waals surface area contributed by atoms with Crippen molar-refractivity contribution < 1.29 is 4.39 Å². The van der Waals surface area contributed by atoms with Gasteiger partial charge in [-0.25, -0.2) is 9.37 Å². The van der Waals surface area contributed by atoms with Crippen LogP contribution < -0.4 is 5.32 Å². The van der Waals surface area contributed by atoms with E-state index in [1.807, 2.05) is 16.8 Å². The van der Waals surface area contributed by atoms with Crippen molar-refractivity contribution in [2.24, 2.45) is 0 Å². The molecule has 0 saturated carbocycles. The zero-order valence-corrected chi connectivity index (χ0v) is 10.0. The van der Waals surface area contributed by atoms with E-state index < -0.39 is 0 Å². The van der Waals surface area contributed by atoms with Crippen LogP contribution in [0.2, 0.25) is 0 Å². The molecule has 4 heteroatoms. The molecule has 0 amide bonds. The Hall–Kier alpha value is -1.84. The number of rotatable bonds is 4. The highest BCUT2D eigenvalue weighted by Crippen LogP contribution is 2.11. The zero-order chi connectivity index (χ0) is 12.3. The van der Waals surface area contributed by atoms with Gasteiger partial charge in [0.15, 0.2) is 0 Å². The lowest BCUT2D eigenvalue weighted by Crippen LogP contribution is -2.15. The first-order chi connectivity index (χ1) is 8.15. The van der Waals surface area contributed by atoms with Crippen LogP contribution in [0.15, 0.2) is 36.7 Å². The maximum absolute atomic E-state index is 13.1. The Bertz CT molecular complexity index is 491. The lowest BCUT2D eigenvalue weighted by Gasteiger charge is -2.12. The predicted molar refractivity (Wildman–Crippen MR) is 66.5 cm³/mol. The normalized spacial score (nSPS) is 10.8. The van der Waals surface area contributed by atoms with Crippen molar-refractivity contribution >= 4 is 5.95 Å². The van der Waals surface area contributed by atoms with Gasteiger partial charge in [0.1, 0.15) is 5.82 Å². The third-order valence-corrected chi connectivity index (χ3v) is 2.38. The van der Waals surface area contributed by atoms with Crippen LogP contribution in [0, 0.1) is 5.82 Å². The van der Waals surface area contributed by atoms with Gasteiger partial charge in [-0.05, 0) is 31.5 Å². The average Bonchev–Trinajstić information content (AvgIpc) is 2.65. The van der Waals surface area contributed by atoms with Crippen LogP contribution in [-0.4, -0.2) is 15.6 Å².